The summed E-state index contributed by atoms with van der Waals surface area (Å²) in [6.07, 6.45) is 2.98. The number of aromatic nitrogens is 1. The van der Waals surface area contributed by atoms with Crippen molar-refractivity contribution in [3.63, 3.8) is 0 Å². The van der Waals surface area contributed by atoms with Gasteiger partial charge in [-0.1, -0.05) is 30.3 Å². The normalized spacial score (nSPS) is 9.84. The van der Waals surface area contributed by atoms with Crippen LogP contribution in [0.5, 0.6) is 0 Å². The molecule has 15 heteroatoms. The van der Waals surface area contributed by atoms with Crippen LogP contribution in [0.1, 0.15) is 44.5 Å². The van der Waals surface area contributed by atoms with Crippen LogP contribution in [0.25, 0.3) is 21.8 Å². The van der Waals surface area contributed by atoms with Gasteiger partial charge in [0.05, 0.1) is 16.6 Å². The van der Waals surface area contributed by atoms with Gasteiger partial charge in [0.15, 0.2) is 0 Å². The molecule has 0 spiro atoms. The fourth-order valence-electron chi connectivity index (χ4n) is 3.30. The van der Waals surface area contributed by atoms with Crippen LogP contribution in [0.4, 0.5) is 0 Å². The number of hydrogen-bond acceptors (Lipinski definition) is 12. The summed E-state index contributed by atoms with van der Waals surface area (Å²) in [5.74, 6) is -0.831. The summed E-state index contributed by atoms with van der Waals surface area (Å²) in [7, 11) is -4.94. The van der Waals surface area contributed by atoms with Crippen molar-refractivity contribution in [1.29, 1.82) is 0 Å². The van der Waals surface area contributed by atoms with Gasteiger partial charge in [-0.15, -0.1) is 10.2 Å². The Bertz CT molecular complexity index is 1310. The molecule has 13 nitrogen and oxygen atoms in total. The number of nitrogens with two attached hydrogens (primary N) is 1. The van der Waals surface area contributed by atoms with E-state index in [-0.39, 0.29) is 46.4 Å². The van der Waals surface area contributed by atoms with Gasteiger partial charge in [-0.2, -0.15) is 0 Å². The average Bonchev–Trinajstić information content (AvgIpc) is 2.87. The van der Waals surface area contributed by atoms with Gasteiger partial charge in [-0.3, -0.25) is 17.6 Å². The number of pyridine rings is 1. The molecule has 4 N–H and O–H groups in total. The number of fused-ring (bicyclic) bond motifs is 2. The number of rotatable bonds is 11. The minimum Gasteiger partial charge on any atom is -0.352 e. The Labute approximate surface area is 269 Å². The third-order valence-corrected chi connectivity index (χ3v) is 4.74. The van der Waals surface area contributed by atoms with Crippen molar-refractivity contribution >= 4 is 50.8 Å². The molecule has 1 amide bonds. The second-order valence-corrected chi connectivity index (χ2v) is 9.57. The van der Waals surface area contributed by atoms with Crippen molar-refractivity contribution in [1.82, 2.24) is 15.6 Å². The van der Waals surface area contributed by atoms with E-state index in [0.29, 0.717) is 18.7 Å². The van der Waals surface area contributed by atoms with E-state index < -0.39 is 10.2 Å². The van der Waals surface area contributed by atoms with E-state index in [4.69, 9.17) is 24.4 Å². The molecule has 0 aliphatic carbocycles. The molecule has 3 rings (SSSR count). The summed E-state index contributed by atoms with van der Waals surface area (Å²) < 4.78 is 34.0. The molecule has 3 aromatic rings. The predicted octanol–water partition coefficient (Wildman–Crippen LogP) is -1.96. The van der Waals surface area contributed by atoms with Crippen LogP contribution >= 0.6 is 0 Å². The van der Waals surface area contributed by atoms with Gasteiger partial charge in [0, 0.05) is 53.5 Å². The number of Topliss-reactive ketones (excluding diaryl/α,β-unsaturated/α-hetero) is 4. The first-order valence-corrected chi connectivity index (χ1v) is 14.1. The largest absolute Gasteiger partial charge is 5.00 e. The molecule has 1 radical (unpaired) electrons. The van der Waals surface area contributed by atoms with E-state index in [9.17, 15) is 24.0 Å². The molecule has 0 fully saturated rings. The van der Waals surface area contributed by atoms with Crippen LogP contribution in [0.3, 0.4) is 0 Å². The van der Waals surface area contributed by atoms with Crippen LogP contribution in [0.2, 0.25) is 0 Å². The van der Waals surface area contributed by atoms with Crippen LogP contribution in [0.15, 0.2) is 48.5 Å². The molecular formula is C29H36ClCrN4O9+2. The van der Waals surface area contributed by atoms with Gasteiger partial charge in [0.1, 0.15) is 0 Å². The number of para-hydroxylation sites is 2. The molecule has 0 saturated heterocycles. The molecule has 1 heterocycles. The third kappa shape index (κ3) is 22.2. The summed E-state index contributed by atoms with van der Waals surface area (Å²) in [5, 5.41) is 8.23. The maximum Gasteiger partial charge on any atom is 5.00 e. The smallest absolute Gasteiger partial charge is 0.352 e. The van der Waals surface area contributed by atoms with Crippen LogP contribution in [0, 0.1) is 23.1 Å². The Hall–Kier alpha value is -3.42. The van der Waals surface area contributed by atoms with Crippen LogP contribution in [-0.4, -0.2) is 60.2 Å². The van der Waals surface area contributed by atoms with Crippen molar-refractivity contribution in [2.24, 2.45) is 5.73 Å². The Balaban J connectivity index is 0. The van der Waals surface area contributed by atoms with Crippen molar-refractivity contribution in [2.45, 2.75) is 34.1 Å². The minimum absolute atomic E-state index is 0. The summed E-state index contributed by atoms with van der Waals surface area (Å²) >= 11 is 0. The van der Waals surface area contributed by atoms with Gasteiger partial charge < -0.3 is 35.5 Å². The first-order chi connectivity index (χ1) is 20.0. The first-order valence-electron chi connectivity index (χ1n) is 12.9. The molecule has 0 aliphatic rings. The van der Waals surface area contributed by atoms with Gasteiger partial charge in [-0.25, -0.2) is 23.6 Å². The standard InChI is InChI=1S/C19H22N4O.2C5H7O2.ClHO4.Cr/c20-9-12-21-10-4-11-22-19(24)16-7-3-6-15-13-14-5-1-2-8-17(14)23-18(15)16;2*1-4(6)3-5(2)7;2-1(3,4)5;/h1-3,5-8,13,21H,4,9-12,20H2,(H,22,24);2*3H,1-2H3;(H,2,3,4,5);/q;2*-1;;+5/p-1. The van der Waals surface area contributed by atoms with E-state index in [2.05, 4.69) is 21.7 Å². The molecule has 0 atom stereocenters. The number of hydrogen-bond donors (Lipinski definition) is 3. The number of halogens is 1. The number of nitrogens with zero attached hydrogens (tertiary/aromatic N) is 1. The second-order valence-electron chi connectivity index (χ2n) is 8.82. The number of ketones is 4. The Morgan fingerprint density at radius 2 is 1.27 bits per heavy atom. The van der Waals surface area contributed by atoms with Crippen molar-refractivity contribution in [3.05, 3.63) is 66.9 Å². The monoisotopic (exact) mass is 671 g/mol. The molecule has 44 heavy (non-hydrogen) atoms. The van der Waals surface area contributed by atoms with E-state index in [1.807, 2.05) is 42.5 Å². The van der Waals surface area contributed by atoms with Crippen LogP contribution in [-0.2, 0) is 36.5 Å². The Kier molecular flexibility index (Phi) is 22.4. The summed E-state index contributed by atoms with van der Waals surface area (Å²) in [6.45, 7) is 8.29. The first kappa shape index (κ1) is 42.7. The fraction of sp³-hybridized carbons (Fsp3) is 0.310. The van der Waals surface area contributed by atoms with Crippen molar-refractivity contribution < 1.29 is 70.2 Å². The van der Waals surface area contributed by atoms with E-state index in [1.165, 1.54) is 27.7 Å². The predicted molar refractivity (Wildman–Crippen MR) is 149 cm³/mol. The number of benzene rings is 2. The van der Waals surface area contributed by atoms with E-state index in [0.717, 1.165) is 54.2 Å². The molecule has 0 bridgehead atoms. The Morgan fingerprint density at radius 1 is 0.773 bits per heavy atom. The average molecular weight is 672 g/mol. The van der Waals surface area contributed by atoms with Gasteiger partial charge in [0.2, 0.25) is 0 Å². The zero-order valence-electron chi connectivity index (χ0n) is 24.8. The molecule has 0 aliphatic heterocycles. The maximum atomic E-state index is 12.5. The molecular weight excluding hydrogens is 636 g/mol. The number of nitrogens with one attached hydrogen (secondary N) is 2. The van der Waals surface area contributed by atoms with Crippen molar-refractivity contribution in [3.8, 4) is 0 Å². The Morgan fingerprint density at radius 3 is 1.75 bits per heavy atom. The fourth-order valence-corrected chi connectivity index (χ4v) is 3.30. The number of carbonyl (C=O) groups excluding carboxylic acids is 5. The number of amides is 1. The third-order valence-electron chi connectivity index (χ3n) is 4.74. The molecule has 237 valence electrons. The van der Waals surface area contributed by atoms with Gasteiger partial charge in [-0.05, 0) is 58.9 Å². The molecule has 2 aromatic carbocycles. The maximum absolute atomic E-state index is 12.5. The zero-order chi connectivity index (χ0) is 33.0. The van der Waals surface area contributed by atoms with Crippen molar-refractivity contribution in [2.75, 3.05) is 26.2 Å². The van der Waals surface area contributed by atoms with E-state index in [1.54, 1.807) is 0 Å². The van der Waals surface area contributed by atoms with E-state index >= 15 is 0 Å². The second kappa shape index (κ2) is 23.0. The molecule has 0 saturated carbocycles. The minimum atomic E-state index is -4.94. The van der Waals surface area contributed by atoms with Gasteiger partial charge >= 0.3 is 17.4 Å². The van der Waals surface area contributed by atoms with Gasteiger partial charge in [0.25, 0.3) is 5.91 Å². The SMILES string of the molecule is CC(=O)[CH-]C(C)=O.CC(=O)[CH-]C(C)=O.NCCNCCCNC(=O)c1cccc2cc3ccccc3nc12.[Cr+5].[O-][Cl+3]([O-])([O-])[O-]. The zero-order valence-corrected chi connectivity index (χ0v) is 26.8. The van der Waals surface area contributed by atoms with Crippen LogP contribution < -0.4 is 35.0 Å². The summed E-state index contributed by atoms with van der Waals surface area (Å²) in [5.41, 5.74) is 7.68. The number of carbonyl (C=O) groups is 5. The summed E-state index contributed by atoms with van der Waals surface area (Å²) in [4.78, 5) is 57.1. The topological polar surface area (TPSA) is 241 Å². The quantitative estimate of drug-likeness (QED) is 0.0871. The summed E-state index contributed by atoms with van der Waals surface area (Å²) in [6, 6.07) is 15.7. The molecule has 1 aromatic heterocycles. The molecule has 0 unspecified atom stereocenters.